The predicted molar refractivity (Wildman–Crippen MR) is 75.5 cm³/mol. The molecule has 0 saturated heterocycles. The Morgan fingerprint density at radius 1 is 1.35 bits per heavy atom. The van der Waals surface area contributed by atoms with Gasteiger partial charge in [-0.25, -0.2) is 0 Å². The van der Waals surface area contributed by atoms with Crippen molar-refractivity contribution in [1.29, 1.82) is 0 Å². The number of hydrogen-bond acceptors (Lipinski definition) is 1. The molecule has 0 spiro atoms. The predicted octanol–water partition coefficient (Wildman–Crippen LogP) is 4.45. The van der Waals surface area contributed by atoms with Crippen LogP contribution >= 0.6 is 23.2 Å². The maximum Gasteiger partial charge on any atom is 0.0745 e. The quantitative estimate of drug-likeness (QED) is 0.797. The van der Waals surface area contributed by atoms with Crippen LogP contribution in [0.5, 0.6) is 0 Å². The van der Waals surface area contributed by atoms with Crippen molar-refractivity contribution in [2.75, 3.05) is 0 Å². The minimum Gasteiger partial charge on any atom is -0.295 e. The molecular formula is C14H17Cl2N. The molecule has 1 nitrogen and oxygen atoms in total. The van der Waals surface area contributed by atoms with E-state index in [-0.39, 0.29) is 11.6 Å². The van der Waals surface area contributed by atoms with Crippen LogP contribution in [0.25, 0.3) is 0 Å². The van der Waals surface area contributed by atoms with Gasteiger partial charge in [0, 0.05) is 6.04 Å². The SMILES string of the molecule is C#CC(C)(C)NC(CC)c1ccc(Cl)c(Cl)c1. The van der Waals surface area contributed by atoms with Crippen molar-refractivity contribution in [1.82, 2.24) is 5.32 Å². The van der Waals surface area contributed by atoms with Crippen LogP contribution in [0.3, 0.4) is 0 Å². The Hall–Kier alpha value is -0.680. The summed E-state index contributed by atoms with van der Waals surface area (Å²) in [6, 6.07) is 5.85. The molecular weight excluding hydrogens is 253 g/mol. The summed E-state index contributed by atoms with van der Waals surface area (Å²) in [6.45, 7) is 6.06. The van der Waals surface area contributed by atoms with Crippen molar-refractivity contribution in [2.45, 2.75) is 38.8 Å². The number of hydrogen-bond donors (Lipinski definition) is 1. The smallest absolute Gasteiger partial charge is 0.0745 e. The fourth-order valence-corrected chi connectivity index (χ4v) is 1.93. The summed E-state index contributed by atoms with van der Waals surface area (Å²) >= 11 is 11.9. The van der Waals surface area contributed by atoms with Crippen LogP contribution < -0.4 is 5.32 Å². The molecule has 0 saturated carbocycles. The molecule has 1 rings (SSSR count). The zero-order valence-electron chi connectivity index (χ0n) is 10.3. The summed E-state index contributed by atoms with van der Waals surface area (Å²) in [4.78, 5) is 0. The molecule has 1 N–H and O–H groups in total. The number of halogens is 2. The highest BCUT2D eigenvalue weighted by Gasteiger charge is 2.20. The number of terminal acetylenes is 1. The summed E-state index contributed by atoms with van der Waals surface area (Å²) in [7, 11) is 0. The van der Waals surface area contributed by atoms with Crippen molar-refractivity contribution in [3.05, 3.63) is 33.8 Å². The van der Waals surface area contributed by atoms with Crippen molar-refractivity contribution >= 4 is 23.2 Å². The van der Waals surface area contributed by atoms with Gasteiger partial charge in [0.05, 0.1) is 15.6 Å². The van der Waals surface area contributed by atoms with E-state index in [1.54, 1.807) is 0 Å². The Morgan fingerprint density at radius 3 is 2.47 bits per heavy atom. The molecule has 0 aliphatic carbocycles. The van der Waals surface area contributed by atoms with Gasteiger partial charge in [0.25, 0.3) is 0 Å². The fourth-order valence-electron chi connectivity index (χ4n) is 1.63. The van der Waals surface area contributed by atoms with Crippen LogP contribution in [0, 0.1) is 12.3 Å². The highest BCUT2D eigenvalue weighted by Crippen LogP contribution is 2.27. The molecule has 1 aromatic rings. The zero-order valence-corrected chi connectivity index (χ0v) is 11.9. The Balaban J connectivity index is 2.95. The average Bonchev–Trinajstić information content (AvgIpc) is 2.30. The topological polar surface area (TPSA) is 12.0 Å². The van der Waals surface area contributed by atoms with Crippen LogP contribution in [0.15, 0.2) is 18.2 Å². The van der Waals surface area contributed by atoms with Gasteiger partial charge in [-0.3, -0.25) is 5.32 Å². The van der Waals surface area contributed by atoms with E-state index >= 15 is 0 Å². The van der Waals surface area contributed by atoms with E-state index in [2.05, 4.69) is 18.2 Å². The van der Waals surface area contributed by atoms with Gasteiger partial charge < -0.3 is 0 Å². The zero-order chi connectivity index (χ0) is 13.1. The molecule has 0 fully saturated rings. The van der Waals surface area contributed by atoms with E-state index in [0.29, 0.717) is 10.0 Å². The molecule has 1 atom stereocenters. The average molecular weight is 270 g/mol. The molecule has 0 bridgehead atoms. The van der Waals surface area contributed by atoms with Gasteiger partial charge in [-0.1, -0.05) is 42.1 Å². The fraction of sp³-hybridized carbons (Fsp3) is 0.429. The van der Waals surface area contributed by atoms with E-state index in [9.17, 15) is 0 Å². The molecule has 0 radical (unpaired) electrons. The molecule has 92 valence electrons. The lowest BCUT2D eigenvalue weighted by atomic mass is 9.99. The Labute approximate surface area is 114 Å². The minimum absolute atomic E-state index is 0.177. The first-order valence-electron chi connectivity index (χ1n) is 5.60. The van der Waals surface area contributed by atoms with Gasteiger partial charge in [0.2, 0.25) is 0 Å². The molecule has 0 heterocycles. The monoisotopic (exact) mass is 269 g/mol. The van der Waals surface area contributed by atoms with Crippen molar-refractivity contribution < 1.29 is 0 Å². The molecule has 1 aromatic carbocycles. The summed E-state index contributed by atoms with van der Waals surface area (Å²) in [5.74, 6) is 2.73. The second-order valence-electron chi connectivity index (χ2n) is 4.55. The highest BCUT2D eigenvalue weighted by atomic mass is 35.5. The van der Waals surface area contributed by atoms with Gasteiger partial charge in [-0.2, -0.15) is 0 Å². The Kier molecular flexibility index (Phi) is 4.89. The first-order chi connectivity index (χ1) is 7.89. The van der Waals surface area contributed by atoms with Gasteiger partial charge in [0.1, 0.15) is 0 Å². The van der Waals surface area contributed by atoms with Gasteiger partial charge in [-0.05, 0) is 38.0 Å². The van der Waals surface area contributed by atoms with Crippen LogP contribution in [-0.4, -0.2) is 5.54 Å². The number of nitrogens with one attached hydrogen (secondary N) is 1. The van der Waals surface area contributed by atoms with E-state index in [1.807, 2.05) is 32.0 Å². The molecule has 0 amide bonds. The molecule has 3 heteroatoms. The third-order valence-electron chi connectivity index (χ3n) is 2.65. The molecule has 17 heavy (non-hydrogen) atoms. The molecule has 0 aliphatic heterocycles. The first-order valence-corrected chi connectivity index (χ1v) is 6.35. The number of rotatable bonds is 4. The molecule has 1 unspecified atom stereocenters. The van der Waals surface area contributed by atoms with Gasteiger partial charge >= 0.3 is 0 Å². The van der Waals surface area contributed by atoms with Crippen molar-refractivity contribution in [2.24, 2.45) is 0 Å². The maximum atomic E-state index is 6.02. The lowest BCUT2D eigenvalue weighted by molar-refractivity contribution is 0.403. The highest BCUT2D eigenvalue weighted by molar-refractivity contribution is 6.42. The van der Waals surface area contributed by atoms with E-state index in [0.717, 1.165) is 12.0 Å². The van der Waals surface area contributed by atoms with Crippen LogP contribution in [-0.2, 0) is 0 Å². The largest absolute Gasteiger partial charge is 0.295 e. The van der Waals surface area contributed by atoms with Crippen LogP contribution in [0.1, 0.15) is 38.8 Å². The Morgan fingerprint density at radius 2 is 2.00 bits per heavy atom. The third kappa shape index (κ3) is 3.92. The van der Waals surface area contributed by atoms with Gasteiger partial charge in [0.15, 0.2) is 0 Å². The first kappa shape index (κ1) is 14.4. The maximum absolute atomic E-state index is 6.02. The minimum atomic E-state index is -0.340. The van der Waals surface area contributed by atoms with Crippen molar-refractivity contribution in [3.8, 4) is 12.3 Å². The Bertz CT molecular complexity index is 432. The summed E-state index contributed by atoms with van der Waals surface area (Å²) in [6.07, 6.45) is 6.42. The lowest BCUT2D eigenvalue weighted by Gasteiger charge is -2.27. The third-order valence-corrected chi connectivity index (χ3v) is 3.39. The van der Waals surface area contributed by atoms with E-state index in [4.69, 9.17) is 29.6 Å². The van der Waals surface area contributed by atoms with Crippen LogP contribution in [0.2, 0.25) is 10.0 Å². The molecule has 0 aromatic heterocycles. The lowest BCUT2D eigenvalue weighted by Crippen LogP contribution is -2.40. The summed E-state index contributed by atoms with van der Waals surface area (Å²) in [5.41, 5.74) is 0.762. The second-order valence-corrected chi connectivity index (χ2v) is 5.36. The van der Waals surface area contributed by atoms with E-state index in [1.165, 1.54) is 0 Å². The van der Waals surface area contributed by atoms with E-state index < -0.39 is 0 Å². The van der Waals surface area contributed by atoms with Crippen LogP contribution in [0.4, 0.5) is 0 Å². The van der Waals surface area contributed by atoms with Crippen molar-refractivity contribution in [3.63, 3.8) is 0 Å². The number of benzene rings is 1. The second kappa shape index (κ2) is 5.78. The summed E-state index contributed by atoms with van der Waals surface area (Å²) in [5, 5.41) is 4.56. The standard InChI is InChI=1S/C14H17Cl2N/c1-5-13(17-14(3,4)6-2)10-7-8-11(15)12(16)9-10/h2,7-9,13,17H,5H2,1,3-4H3. The van der Waals surface area contributed by atoms with Gasteiger partial charge in [-0.15, -0.1) is 6.42 Å². The normalized spacial score (nSPS) is 13.2. The molecule has 0 aliphatic rings. The summed E-state index contributed by atoms with van der Waals surface area (Å²) < 4.78 is 0.